The molecule has 1 aromatic rings. The van der Waals surface area contributed by atoms with E-state index in [9.17, 15) is 0 Å². The Morgan fingerprint density at radius 1 is 1.11 bits per heavy atom. The maximum absolute atomic E-state index is 6.27. The van der Waals surface area contributed by atoms with Gasteiger partial charge in [-0.25, -0.2) is 0 Å². The Morgan fingerprint density at radius 2 is 1.78 bits per heavy atom. The van der Waals surface area contributed by atoms with Gasteiger partial charge in [0.15, 0.2) is 0 Å². The quantitative estimate of drug-likeness (QED) is 0.786. The fourth-order valence-electron chi connectivity index (χ4n) is 2.96. The first-order valence-corrected chi connectivity index (χ1v) is 7.67. The van der Waals surface area contributed by atoms with Crippen LogP contribution in [0.2, 0.25) is 0 Å². The van der Waals surface area contributed by atoms with Crippen LogP contribution in [0.4, 0.5) is 0 Å². The molecule has 0 saturated heterocycles. The molecule has 0 atom stereocenters. The van der Waals surface area contributed by atoms with Gasteiger partial charge in [-0.15, -0.1) is 0 Å². The third-order valence-corrected chi connectivity index (χ3v) is 4.33. The van der Waals surface area contributed by atoms with Crippen LogP contribution in [0, 0.1) is 0 Å². The third-order valence-electron chi connectivity index (χ3n) is 4.33. The van der Waals surface area contributed by atoms with E-state index >= 15 is 0 Å². The molecule has 0 amide bonds. The minimum Gasteiger partial charge on any atom is -0.321 e. The maximum Gasteiger partial charge on any atom is 0.0411 e. The summed E-state index contributed by atoms with van der Waals surface area (Å²) in [6.45, 7) is 4.00. The molecular weight excluding hydrogens is 218 g/mol. The highest BCUT2D eigenvalue weighted by atomic mass is 14.8. The van der Waals surface area contributed by atoms with Gasteiger partial charge in [0.1, 0.15) is 0 Å². The van der Waals surface area contributed by atoms with Crippen LogP contribution in [0.3, 0.4) is 0 Å². The molecule has 1 nitrogen and oxygen atoms in total. The van der Waals surface area contributed by atoms with Gasteiger partial charge in [-0.3, -0.25) is 0 Å². The lowest BCUT2D eigenvalue weighted by Crippen LogP contribution is -2.19. The summed E-state index contributed by atoms with van der Waals surface area (Å²) in [5.74, 6) is 0.802. The molecular formula is C17H29N. The summed E-state index contributed by atoms with van der Waals surface area (Å²) >= 11 is 0. The Hall–Kier alpha value is -0.820. The zero-order valence-corrected chi connectivity index (χ0v) is 11.9. The molecule has 1 heteroatoms. The minimum absolute atomic E-state index is 0. The average Bonchev–Trinajstić information content (AvgIpc) is 3.22. The van der Waals surface area contributed by atoms with Crippen molar-refractivity contribution in [2.24, 2.45) is 5.73 Å². The molecule has 2 fully saturated rings. The zero-order valence-electron chi connectivity index (χ0n) is 11.9. The summed E-state index contributed by atoms with van der Waals surface area (Å²) in [7, 11) is 0. The van der Waals surface area contributed by atoms with E-state index in [-0.39, 0.29) is 6.97 Å². The highest BCUT2D eigenvalue weighted by Gasteiger charge is 2.40. The summed E-state index contributed by atoms with van der Waals surface area (Å²) in [4.78, 5) is 0. The van der Waals surface area contributed by atoms with Gasteiger partial charge in [0.25, 0.3) is 0 Å². The molecule has 1 aromatic carbocycles. The first-order valence-electron chi connectivity index (χ1n) is 7.67. The Balaban J connectivity index is 0.000000576. The van der Waals surface area contributed by atoms with Crippen LogP contribution in [-0.2, 0) is 5.54 Å². The van der Waals surface area contributed by atoms with Crippen molar-refractivity contribution >= 4 is 0 Å². The largest absolute Gasteiger partial charge is 0.321 e. The standard InChI is InChI=1S/C15H21N.C2H6.H2/c16-15(9-10-15)14-8-4-7-13(11-14)12-5-2-1-3-6-12;1-2;/h4,7-8,11-12H,1-3,5-6,9-10,16H2;1-2H3;1H. The van der Waals surface area contributed by atoms with Crippen LogP contribution in [0.5, 0.6) is 0 Å². The molecule has 0 aromatic heterocycles. The first kappa shape index (κ1) is 13.6. The number of nitrogens with two attached hydrogens (primary N) is 1. The minimum atomic E-state index is 0. The molecule has 0 aliphatic heterocycles. The predicted octanol–water partition coefficient (Wildman–Crippen LogP) is 4.95. The van der Waals surface area contributed by atoms with Crippen molar-refractivity contribution in [1.29, 1.82) is 0 Å². The average molecular weight is 247 g/mol. The molecule has 0 bridgehead atoms. The van der Waals surface area contributed by atoms with E-state index in [1.165, 1.54) is 56.1 Å². The number of rotatable bonds is 2. The lowest BCUT2D eigenvalue weighted by Gasteiger charge is -2.23. The molecule has 0 radical (unpaired) electrons. The molecule has 3 rings (SSSR count). The Bertz CT molecular complexity index is 379. The highest BCUT2D eigenvalue weighted by Crippen LogP contribution is 2.44. The van der Waals surface area contributed by atoms with Crippen molar-refractivity contribution in [3.63, 3.8) is 0 Å². The lowest BCUT2D eigenvalue weighted by molar-refractivity contribution is 0.443. The van der Waals surface area contributed by atoms with Gasteiger partial charge in [-0.05, 0) is 42.7 Å². The van der Waals surface area contributed by atoms with Crippen LogP contribution in [-0.4, -0.2) is 0 Å². The van der Waals surface area contributed by atoms with Gasteiger partial charge in [0.2, 0.25) is 0 Å². The molecule has 2 aliphatic rings. The third kappa shape index (κ3) is 2.95. The molecule has 0 unspecified atom stereocenters. The van der Waals surface area contributed by atoms with Crippen molar-refractivity contribution in [3.8, 4) is 0 Å². The van der Waals surface area contributed by atoms with E-state index in [1.54, 1.807) is 0 Å². The van der Waals surface area contributed by atoms with E-state index < -0.39 is 0 Å². The normalized spacial score (nSPS) is 21.9. The fraction of sp³-hybridized carbons (Fsp3) is 0.647. The monoisotopic (exact) mass is 247 g/mol. The molecule has 18 heavy (non-hydrogen) atoms. The Labute approximate surface area is 113 Å². The van der Waals surface area contributed by atoms with Gasteiger partial charge in [-0.2, -0.15) is 0 Å². The van der Waals surface area contributed by atoms with E-state index in [4.69, 9.17) is 5.73 Å². The van der Waals surface area contributed by atoms with Gasteiger partial charge in [-0.1, -0.05) is 57.4 Å². The summed E-state index contributed by atoms with van der Waals surface area (Å²) in [6, 6.07) is 9.08. The van der Waals surface area contributed by atoms with E-state index in [1.807, 2.05) is 13.8 Å². The Morgan fingerprint density at radius 3 is 2.39 bits per heavy atom. The Kier molecular flexibility index (Phi) is 4.45. The molecule has 102 valence electrons. The van der Waals surface area contributed by atoms with Crippen LogP contribution in [0.15, 0.2) is 24.3 Å². The van der Waals surface area contributed by atoms with Gasteiger partial charge in [0, 0.05) is 6.97 Å². The molecule has 2 saturated carbocycles. The van der Waals surface area contributed by atoms with Crippen molar-refractivity contribution in [2.75, 3.05) is 0 Å². The molecule has 0 spiro atoms. The van der Waals surface area contributed by atoms with Gasteiger partial charge in [0.05, 0.1) is 0 Å². The lowest BCUT2D eigenvalue weighted by atomic mass is 9.83. The molecule has 2 N–H and O–H groups in total. The zero-order chi connectivity index (χ0) is 13.0. The number of benzene rings is 1. The summed E-state index contributed by atoms with van der Waals surface area (Å²) < 4.78 is 0. The van der Waals surface area contributed by atoms with Crippen molar-refractivity contribution in [1.82, 2.24) is 0 Å². The molecule has 0 heterocycles. The number of hydrogen-bond donors (Lipinski definition) is 1. The first-order chi connectivity index (χ1) is 8.78. The van der Waals surface area contributed by atoms with Gasteiger partial charge < -0.3 is 5.73 Å². The van der Waals surface area contributed by atoms with E-state index in [0.717, 1.165) is 5.92 Å². The summed E-state index contributed by atoms with van der Waals surface area (Å²) in [6.07, 6.45) is 9.33. The highest BCUT2D eigenvalue weighted by molar-refractivity contribution is 5.34. The van der Waals surface area contributed by atoms with Gasteiger partial charge >= 0.3 is 0 Å². The van der Waals surface area contributed by atoms with E-state index in [0.29, 0.717) is 0 Å². The summed E-state index contributed by atoms with van der Waals surface area (Å²) in [5.41, 5.74) is 9.21. The SMILES string of the molecule is CC.NC1(c2cccc(C3CCCCC3)c2)CC1.[HH]. The second-order valence-corrected chi connectivity index (χ2v) is 5.62. The van der Waals surface area contributed by atoms with Crippen LogP contribution < -0.4 is 5.73 Å². The van der Waals surface area contributed by atoms with Crippen molar-refractivity contribution in [3.05, 3.63) is 35.4 Å². The van der Waals surface area contributed by atoms with Crippen molar-refractivity contribution < 1.29 is 1.43 Å². The van der Waals surface area contributed by atoms with Crippen LogP contribution >= 0.6 is 0 Å². The maximum atomic E-state index is 6.27. The predicted molar refractivity (Wildman–Crippen MR) is 80.8 cm³/mol. The second-order valence-electron chi connectivity index (χ2n) is 5.62. The molecule has 2 aliphatic carbocycles. The topological polar surface area (TPSA) is 26.0 Å². The van der Waals surface area contributed by atoms with Crippen LogP contribution in [0.25, 0.3) is 0 Å². The second kappa shape index (κ2) is 5.88. The van der Waals surface area contributed by atoms with E-state index in [2.05, 4.69) is 24.3 Å². The fourth-order valence-corrected chi connectivity index (χ4v) is 2.96. The smallest absolute Gasteiger partial charge is 0.0411 e. The summed E-state index contributed by atoms with van der Waals surface area (Å²) in [5, 5.41) is 0. The van der Waals surface area contributed by atoms with Crippen LogP contribution in [0.1, 0.15) is 77.3 Å². The van der Waals surface area contributed by atoms with Crippen molar-refractivity contribution in [2.45, 2.75) is 70.3 Å². The number of hydrogen-bond acceptors (Lipinski definition) is 1.